The second-order valence-corrected chi connectivity index (χ2v) is 5.66. The summed E-state index contributed by atoms with van der Waals surface area (Å²) in [4.78, 5) is 25.3. The summed E-state index contributed by atoms with van der Waals surface area (Å²) >= 11 is 1.57. The first kappa shape index (κ1) is 12.7. The zero-order chi connectivity index (χ0) is 14.3. The Balaban J connectivity index is 2.21. The van der Waals surface area contributed by atoms with E-state index < -0.39 is 11.8 Å². The summed E-state index contributed by atoms with van der Waals surface area (Å²) in [7, 11) is 0. The molecule has 0 saturated carbocycles. The van der Waals surface area contributed by atoms with Crippen LogP contribution >= 0.6 is 11.8 Å². The summed E-state index contributed by atoms with van der Waals surface area (Å²) in [5.74, 6) is -1.25. The Kier molecular flexibility index (Phi) is 2.99. The van der Waals surface area contributed by atoms with Gasteiger partial charge in [0, 0.05) is 16.2 Å². The van der Waals surface area contributed by atoms with E-state index in [4.69, 9.17) is 11.5 Å². The predicted octanol–water partition coefficient (Wildman–Crippen LogP) is 1.94. The van der Waals surface area contributed by atoms with Crippen LogP contribution in [0.25, 0.3) is 0 Å². The van der Waals surface area contributed by atoms with Crippen LogP contribution in [0.4, 0.5) is 0 Å². The monoisotopic (exact) mass is 284 g/mol. The summed E-state index contributed by atoms with van der Waals surface area (Å²) in [6, 6.07) is 11.4. The van der Waals surface area contributed by atoms with Gasteiger partial charge in [0.25, 0.3) is 0 Å². The molecule has 1 heterocycles. The van der Waals surface area contributed by atoms with E-state index >= 15 is 0 Å². The Hall–Kier alpha value is -2.27. The second kappa shape index (κ2) is 4.68. The van der Waals surface area contributed by atoms with Crippen LogP contribution in [0.1, 0.15) is 31.8 Å². The average molecular weight is 284 g/mol. The molecule has 0 fully saturated rings. The number of carbonyl (C=O) groups is 2. The summed E-state index contributed by atoms with van der Waals surface area (Å²) < 4.78 is 0. The summed E-state index contributed by atoms with van der Waals surface area (Å²) in [5.41, 5.74) is 13.1. The number of benzene rings is 2. The first-order chi connectivity index (χ1) is 9.58. The van der Waals surface area contributed by atoms with Crippen molar-refractivity contribution in [2.45, 2.75) is 16.2 Å². The van der Waals surface area contributed by atoms with Gasteiger partial charge in [-0.2, -0.15) is 0 Å². The van der Waals surface area contributed by atoms with Crippen molar-refractivity contribution in [3.05, 3.63) is 58.7 Å². The van der Waals surface area contributed by atoms with E-state index in [-0.39, 0.29) is 11.1 Å². The topological polar surface area (TPSA) is 86.2 Å². The van der Waals surface area contributed by atoms with Gasteiger partial charge in [-0.15, -0.1) is 0 Å². The molecular weight excluding hydrogens is 272 g/mol. The minimum Gasteiger partial charge on any atom is -0.366 e. The van der Waals surface area contributed by atoms with Crippen molar-refractivity contribution >= 4 is 23.6 Å². The van der Waals surface area contributed by atoms with Gasteiger partial charge in [0.1, 0.15) is 0 Å². The SMILES string of the molecule is NC(=O)c1ccc2c(c1C(N)=O)Cc1ccccc1S2. The lowest BCUT2D eigenvalue weighted by Gasteiger charge is -2.21. The molecule has 0 saturated heterocycles. The smallest absolute Gasteiger partial charge is 0.249 e. The lowest BCUT2D eigenvalue weighted by atomic mass is 9.94. The molecule has 4 nitrogen and oxygen atoms in total. The van der Waals surface area contributed by atoms with Crippen molar-refractivity contribution in [1.82, 2.24) is 0 Å². The molecule has 4 N–H and O–H groups in total. The molecule has 20 heavy (non-hydrogen) atoms. The molecule has 0 atom stereocenters. The first-order valence-corrected chi connectivity index (χ1v) is 6.91. The Morgan fingerprint density at radius 2 is 1.70 bits per heavy atom. The number of nitrogens with two attached hydrogens (primary N) is 2. The van der Waals surface area contributed by atoms with Crippen LogP contribution in [0.3, 0.4) is 0 Å². The van der Waals surface area contributed by atoms with Crippen molar-refractivity contribution in [3.8, 4) is 0 Å². The second-order valence-electron chi connectivity index (χ2n) is 4.58. The molecule has 2 aromatic carbocycles. The zero-order valence-corrected chi connectivity index (χ0v) is 11.4. The molecule has 1 aliphatic rings. The minimum absolute atomic E-state index is 0.191. The molecular formula is C15H12N2O2S. The van der Waals surface area contributed by atoms with Gasteiger partial charge in [0.15, 0.2) is 0 Å². The molecule has 3 rings (SSSR count). The Morgan fingerprint density at radius 1 is 0.950 bits per heavy atom. The van der Waals surface area contributed by atoms with Gasteiger partial charge in [0.2, 0.25) is 11.8 Å². The molecule has 1 aliphatic heterocycles. The van der Waals surface area contributed by atoms with Gasteiger partial charge in [-0.3, -0.25) is 9.59 Å². The van der Waals surface area contributed by atoms with Crippen molar-refractivity contribution in [2.75, 3.05) is 0 Å². The van der Waals surface area contributed by atoms with E-state index in [1.54, 1.807) is 17.8 Å². The van der Waals surface area contributed by atoms with E-state index in [1.165, 1.54) is 0 Å². The van der Waals surface area contributed by atoms with E-state index in [0.717, 1.165) is 20.9 Å². The van der Waals surface area contributed by atoms with Crippen LogP contribution in [0, 0.1) is 0 Å². The van der Waals surface area contributed by atoms with E-state index in [9.17, 15) is 9.59 Å². The van der Waals surface area contributed by atoms with Crippen LogP contribution in [0.15, 0.2) is 46.2 Å². The summed E-state index contributed by atoms with van der Waals surface area (Å²) in [6.07, 6.45) is 0.581. The van der Waals surface area contributed by atoms with Crippen molar-refractivity contribution in [2.24, 2.45) is 11.5 Å². The molecule has 0 spiro atoms. The Morgan fingerprint density at radius 3 is 2.40 bits per heavy atom. The van der Waals surface area contributed by atoms with E-state index in [2.05, 4.69) is 0 Å². The third-order valence-corrected chi connectivity index (χ3v) is 4.56. The maximum atomic E-state index is 11.7. The largest absolute Gasteiger partial charge is 0.366 e. The van der Waals surface area contributed by atoms with E-state index in [1.807, 2.05) is 30.3 Å². The third kappa shape index (κ3) is 1.96. The molecule has 2 amide bonds. The van der Waals surface area contributed by atoms with Crippen LogP contribution in [0.5, 0.6) is 0 Å². The van der Waals surface area contributed by atoms with Crippen LogP contribution in [0.2, 0.25) is 0 Å². The number of hydrogen-bond donors (Lipinski definition) is 2. The lowest BCUT2D eigenvalue weighted by Crippen LogP contribution is -2.23. The highest BCUT2D eigenvalue weighted by atomic mass is 32.2. The fourth-order valence-electron chi connectivity index (χ4n) is 2.44. The fraction of sp³-hybridized carbons (Fsp3) is 0.0667. The number of rotatable bonds is 2. The Bertz CT molecular complexity index is 741. The number of amides is 2. The maximum Gasteiger partial charge on any atom is 0.249 e. The van der Waals surface area contributed by atoms with Gasteiger partial charge >= 0.3 is 0 Å². The van der Waals surface area contributed by atoms with Crippen LogP contribution in [-0.4, -0.2) is 11.8 Å². The molecule has 5 heteroatoms. The molecule has 0 bridgehead atoms. The van der Waals surface area contributed by atoms with Crippen LogP contribution < -0.4 is 11.5 Å². The predicted molar refractivity (Wildman–Crippen MR) is 76.8 cm³/mol. The molecule has 0 radical (unpaired) electrons. The van der Waals surface area contributed by atoms with Gasteiger partial charge in [0.05, 0.1) is 11.1 Å². The average Bonchev–Trinajstić information content (AvgIpc) is 2.43. The number of hydrogen-bond acceptors (Lipinski definition) is 3. The molecule has 0 aromatic heterocycles. The zero-order valence-electron chi connectivity index (χ0n) is 10.6. The van der Waals surface area contributed by atoms with Crippen molar-refractivity contribution in [3.63, 3.8) is 0 Å². The van der Waals surface area contributed by atoms with Gasteiger partial charge in [-0.25, -0.2) is 0 Å². The number of carbonyl (C=O) groups excluding carboxylic acids is 2. The molecule has 2 aromatic rings. The van der Waals surface area contributed by atoms with Crippen molar-refractivity contribution in [1.29, 1.82) is 0 Å². The maximum absolute atomic E-state index is 11.7. The van der Waals surface area contributed by atoms with Gasteiger partial charge in [-0.05, 0) is 29.3 Å². The van der Waals surface area contributed by atoms with Crippen molar-refractivity contribution < 1.29 is 9.59 Å². The Labute approximate surface area is 120 Å². The molecule has 0 aliphatic carbocycles. The quantitative estimate of drug-likeness (QED) is 0.754. The standard InChI is InChI=1S/C15H12N2O2S/c16-14(18)9-5-6-12-10(13(9)15(17)19)7-8-3-1-2-4-11(8)20-12/h1-6H,7H2,(H2,16,18)(H2,17,19). The highest BCUT2D eigenvalue weighted by Gasteiger charge is 2.24. The molecule has 0 unspecified atom stereocenters. The minimum atomic E-state index is -0.634. The molecule has 100 valence electrons. The third-order valence-electron chi connectivity index (χ3n) is 3.34. The van der Waals surface area contributed by atoms with E-state index in [0.29, 0.717) is 6.42 Å². The van der Waals surface area contributed by atoms with Crippen LogP contribution in [-0.2, 0) is 6.42 Å². The summed E-state index contributed by atoms with van der Waals surface area (Å²) in [6.45, 7) is 0. The van der Waals surface area contributed by atoms with Gasteiger partial charge < -0.3 is 11.5 Å². The highest BCUT2D eigenvalue weighted by molar-refractivity contribution is 7.99. The first-order valence-electron chi connectivity index (χ1n) is 6.09. The normalized spacial score (nSPS) is 12.4. The number of fused-ring (bicyclic) bond motifs is 2. The summed E-state index contributed by atoms with van der Waals surface area (Å²) in [5, 5.41) is 0. The fourth-order valence-corrected chi connectivity index (χ4v) is 3.53. The van der Waals surface area contributed by atoms with Gasteiger partial charge in [-0.1, -0.05) is 30.0 Å². The highest BCUT2D eigenvalue weighted by Crippen LogP contribution is 2.41. The number of primary amides is 2. The lowest BCUT2D eigenvalue weighted by molar-refractivity contribution is 0.0966.